The first kappa shape index (κ1) is 18.1. The van der Waals surface area contributed by atoms with Crippen molar-refractivity contribution < 1.29 is 9.84 Å². The molecule has 3 heteroatoms. The molecule has 1 unspecified atom stereocenters. The van der Waals surface area contributed by atoms with Crippen molar-refractivity contribution in [1.82, 2.24) is 0 Å². The van der Waals surface area contributed by atoms with E-state index in [2.05, 4.69) is 24.0 Å². The van der Waals surface area contributed by atoms with Crippen molar-refractivity contribution in [2.75, 3.05) is 13.2 Å². The summed E-state index contributed by atoms with van der Waals surface area (Å²) in [5.74, 6) is 6.97. The number of hydrogen-bond acceptors (Lipinski definition) is 3. The molecule has 3 nitrogen and oxygen atoms in total. The van der Waals surface area contributed by atoms with E-state index >= 15 is 0 Å². The van der Waals surface area contributed by atoms with Gasteiger partial charge in [-0.3, -0.25) is 0 Å². The monoisotopic (exact) mass is 323 g/mol. The van der Waals surface area contributed by atoms with Crippen molar-refractivity contribution in [3.63, 3.8) is 0 Å². The fourth-order valence-electron chi connectivity index (χ4n) is 2.23. The zero-order valence-electron chi connectivity index (χ0n) is 14.4. The van der Waals surface area contributed by atoms with E-state index < -0.39 is 5.54 Å². The van der Waals surface area contributed by atoms with Crippen LogP contribution in [0.25, 0.3) is 0 Å². The second-order valence-corrected chi connectivity index (χ2v) is 6.42. The molecule has 1 atom stereocenters. The van der Waals surface area contributed by atoms with Gasteiger partial charge in [0.25, 0.3) is 0 Å². The highest BCUT2D eigenvalue weighted by molar-refractivity contribution is 5.36. The van der Waals surface area contributed by atoms with Crippen LogP contribution in [0.15, 0.2) is 48.5 Å². The maximum absolute atomic E-state index is 9.18. The molecule has 2 aromatic rings. The molecule has 0 aliphatic heterocycles. The minimum atomic E-state index is -0.522. The van der Waals surface area contributed by atoms with Crippen molar-refractivity contribution >= 4 is 0 Å². The first-order chi connectivity index (χ1) is 11.5. The van der Waals surface area contributed by atoms with E-state index in [0.29, 0.717) is 6.61 Å². The maximum Gasteiger partial charge on any atom is 0.149 e. The van der Waals surface area contributed by atoms with Crippen molar-refractivity contribution in [2.24, 2.45) is 5.73 Å². The minimum Gasteiger partial charge on any atom is -0.481 e. The van der Waals surface area contributed by atoms with Gasteiger partial charge < -0.3 is 15.6 Å². The molecule has 0 aliphatic carbocycles. The number of ether oxygens (including phenoxy) is 1. The van der Waals surface area contributed by atoms with Gasteiger partial charge in [-0.2, -0.15) is 0 Å². The van der Waals surface area contributed by atoms with Gasteiger partial charge in [0.2, 0.25) is 0 Å². The highest BCUT2D eigenvalue weighted by atomic mass is 16.5. The third kappa shape index (κ3) is 6.08. The van der Waals surface area contributed by atoms with E-state index in [-0.39, 0.29) is 6.61 Å². The normalized spacial score (nSPS) is 12.8. The Morgan fingerprint density at radius 1 is 1.17 bits per heavy atom. The molecule has 0 heterocycles. The molecule has 0 fully saturated rings. The fraction of sp³-hybridized carbons (Fsp3) is 0.333. The summed E-state index contributed by atoms with van der Waals surface area (Å²) in [6.07, 6.45) is 1.59. The van der Waals surface area contributed by atoms with Crippen LogP contribution in [0.4, 0.5) is 0 Å². The van der Waals surface area contributed by atoms with E-state index in [0.717, 1.165) is 24.2 Å². The Kier molecular flexibility index (Phi) is 6.43. The quantitative estimate of drug-likeness (QED) is 0.803. The van der Waals surface area contributed by atoms with Crippen LogP contribution >= 0.6 is 0 Å². The molecule has 0 amide bonds. The molecule has 0 saturated heterocycles. The molecule has 2 rings (SSSR count). The third-order valence-electron chi connectivity index (χ3n) is 3.83. The minimum absolute atomic E-state index is 0.00248. The second-order valence-electron chi connectivity index (χ2n) is 6.42. The summed E-state index contributed by atoms with van der Waals surface area (Å²) in [6, 6.07) is 16.0. The van der Waals surface area contributed by atoms with Gasteiger partial charge in [-0.1, -0.05) is 36.1 Å². The zero-order chi connectivity index (χ0) is 17.4. The van der Waals surface area contributed by atoms with Crippen LogP contribution in [0.5, 0.6) is 5.75 Å². The number of aliphatic hydroxyl groups is 1. The van der Waals surface area contributed by atoms with Gasteiger partial charge in [0.1, 0.15) is 12.4 Å². The van der Waals surface area contributed by atoms with E-state index in [4.69, 9.17) is 10.5 Å². The van der Waals surface area contributed by atoms with Crippen LogP contribution in [0, 0.1) is 18.8 Å². The highest BCUT2D eigenvalue weighted by Gasteiger charge is 2.16. The second kappa shape index (κ2) is 8.54. The van der Waals surface area contributed by atoms with E-state index in [1.807, 2.05) is 50.2 Å². The van der Waals surface area contributed by atoms with Crippen LogP contribution in [0.2, 0.25) is 0 Å². The standard InChI is InChI=1S/C21H25NO2/c1-17-5-3-7-20(15-17)24-14-4-6-18-8-10-19(11-9-18)12-13-21(2,22)16-23/h3,5,7-11,15,23H,12-14,16,22H2,1-2H3. The Balaban J connectivity index is 1.84. The number of aliphatic hydroxyl groups excluding tert-OH is 1. The summed E-state index contributed by atoms with van der Waals surface area (Å²) in [4.78, 5) is 0. The van der Waals surface area contributed by atoms with Crippen molar-refractivity contribution in [3.05, 3.63) is 65.2 Å². The summed E-state index contributed by atoms with van der Waals surface area (Å²) in [6.45, 7) is 4.26. The molecule has 24 heavy (non-hydrogen) atoms. The van der Waals surface area contributed by atoms with Gasteiger partial charge in [-0.15, -0.1) is 0 Å². The molecule has 0 bridgehead atoms. The van der Waals surface area contributed by atoms with Gasteiger partial charge in [0, 0.05) is 11.1 Å². The lowest BCUT2D eigenvalue weighted by Gasteiger charge is -2.21. The van der Waals surface area contributed by atoms with Gasteiger partial charge >= 0.3 is 0 Å². The molecule has 0 aromatic heterocycles. The fourth-order valence-corrected chi connectivity index (χ4v) is 2.23. The third-order valence-corrected chi connectivity index (χ3v) is 3.83. The van der Waals surface area contributed by atoms with E-state index in [9.17, 15) is 5.11 Å². The van der Waals surface area contributed by atoms with Crippen LogP contribution in [0.3, 0.4) is 0 Å². The predicted molar refractivity (Wildman–Crippen MR) is 98.0 cm³/mol. The lowest BCUT2D eigenvalue weighted by molar-refractivity contribution is 0.200. The Morgan fingerprint density at radius 2 is 1.92 bits per heavy atom. The lowest BCUT2D eigenvalue weighted by atomic mass is 9.95. The smallest absolute Gasteiger partial charge is 0.149 e. The molecular formula is C21H25NO2. The zero-order valence-corrected chi connectivity index (χ0v) is 14.4. The van der Waals surface area contributed by atoms with Crippen LogP contribution in [-0.2, 0) is 6.42 Å². The van der Waals surface area contributed by atoms with Crippen LogP contribution < -0.4 is 10.5 Å². The van der Waals surface area contributed by atoms with Gasteiger partial charge in [-0.05, 0) is 62.1 Å². The van der Waals surface area contributed by atoms with E-state index in [1.54, 1.807) is 0 Å². The summed E-state index contributed by atoms with van der Waals surface area (Å²) in [5.41, 5.74) is 8.75. The molecule has 3 N–H and O–H groups in total. The largest absolute Gasteiger partial charge is 0.481 e. The average molecular weight is 323 g/mol. The number of rotatable bonds is 6. The number of aryl methyl sites for hydroxylation is 2. The molecule has 0 spiro atoms. The lowest BCUT2D eigenvalue weighted by Crippen LogP contribution is -2.40. The van der Waals surface area contributed by atoms with Crippen molar-refractivity contribution in [3.8, 4) is 17.6 Å². The van der Waals surface area contributed by atoms with E-state index in [1.165, 1.54) is 11.1 Å². The number of nitrogens with two attached hydrogens (primary N) is 1. The summed E-state index contributed by atoms with van der Waals surface area (Å²) in [5, 5.41) is 9.18. The van der Waals surface area contributed by atoms with Crippen LogP contribution in [-0.4, -0.2) is 23.9 Å². The Morgan fingerprint density at radius 3 is 2.58 bits per heavy atom. The molecule has 0 radical (unpaired) electrons. The summed E-state index contributed by atoms with van der Waals surface area (Å²) >= 11 is 0. The molecule has 2 aromatic carbocycles. The number of hydrogen-bond donors (Lipinski definition) is 2. The van der Waals surface area contributed by atoms with Crippen LogP contribution in [0.1, 0.15) is 30.0 Å². The predicted octanol–water partition coefficient (Wildman–Crippen LogP) is 3.07. The maximum atomic E-state index is 9.18. The Hall–Kier alpha value is -2.28. The first-order valence-electron chi connectivity index (χ1n) is 8.15. The van der Waals surface area contributed by atoms with Crippen molar-refractivity contribution in [2.45, 2.75) is 32.2 Å². The SMILES string of the molecule is Cc1cccc(OCC#Cc2ccc(CCC(C)(N)CO)cc2)c1. The summed E-state index contributed by atoms with van der Waals surface area (Å²) < 4.78 is 5.61. The molecular weight excluding hydrogens is 298 g/mol. The molecule has 0 aliphatic rings. The summed E-state index contributed by atoms with van der Waals surface area (Å²) in [7, 11) is 0. The molecule has 0 saturated carbocycles. The molecule has 126 valence electrons. The highest BCUT2D eigenvalue weighted by Crippen LogP contribution is 2.13. The Labute approximate surface area is 144 Å². The van der Waals surface area contributed by atoms with Gasteiger partial charge in [0.05, 0.1) is 6.61 Å². The average Bonchev–Trinajstić information content (AvgIpc) is 2.58. The Bertz CT molecular complexity index is 709. The number of benzene rings is 2. The van der Waals surface area contributed by atoms with Gasteiger partial charge in [0.15, 0.2) is 0 Å². The van der Waals surface area contributed by atoms with Gasteiger partial charge in [-0.25, -0.2) is 0 Å². The topological polar surface area (TPSA) is 55.5 Å². The van der Waals surface area contributed by atoms with Crippen molar-refractivity contribution in [1.29, 1.82) is 0 Å². The first-order valence-corrected chi connectivity index (χ1v) is 8.15.